The maximum absolute atomic E-state index is 14.5. The zero-order chi connectivity index (χ0) is 22.1. The van der Waals surface area contributed by atoms with Crippen LogP contribution in [0.3, 0.4) is 0 Å². The molecule has 8 heteroatoms. The number of aryl methyl sites for hydroxylation is 1. The van der Waals surface area contributed by atoms with E-state index in [2.05, 4.69) is 15.0 Å². The molecule has 1 aliphatic heterocycles. The number of nitrogens with zero attached hydrogens (tertiary/aromatic N) is 4. The highest BCUT2D eigenvalue weighted by Gasteiger charge is 2.27. The summed E-state index contributed by atoms with van der Waals surface area (Å²) in [7, 11) is 0. The SMILES string of the molecule is CC(=O)c1ccc(N2CCN(C(C)c3nc(-c4ccc(F)c(C)c4)no3)CC2)c(F)c1. The molecule has 0 bridgehead atoms. The number of hydrogen-bond donors (Lipinski definition) is 0. The van der Waals surface area contributed by atoms with Crippen molar-refractivity contribution >= 4 is 11.5 Å². The van der Waals surface area contributed by atoms with Crippen LogP contribution in [-0.2, 0) is 0 Å². The van der Waals surface area contributed by atoms with Gasteiger partial charge in [-0.15, -0.1) is 0 Å². The zero-order valence-corrected chi connectivity index (χ0v) is 17.7. The third-order valence-electron chi connectivity index (χ3n) is 5.77. The van der Waals surface area contributed by atoms with Crippen LogP contribution in [0, 0.1) is 18.6 Å². The topological polar surface area (TPSA) is 62.5 Å². The number of rotatable bonds is 5. The van der Waals surface area contributed by atoms with Crippen LogP contribution in [0.4, 0.5) is 14.5 Å². The molecule has 1 saturated heterocycles. The molecule has 0 spiro atoms. The van der Waals surface area contributed by atoms with Gasteiger partial charge in [-0.25, -0.2) is 8.78 Å². The van der Waals surface area contributed by atoms with Crippen molar-refractivity contribution in [2.24, 2.45) is 0 Å². The Morgan fingerprint density at radius 1 is 1.06 bits per heavy atom. The predicted molar refractivity (Wildman–Crippen MR) is 113 cm³/mol. The molecular formula is C23H24F2N4O2. The summed E-state index contributed by atoms with van der Waals surface area (Å²) in [5.41, 5.74) is 2.10. The van der Waals surface area contributed by atoms with Crippen molar-refractivity contribution in [2.45, 2.75) is 26.8 Å². The van der Waals surface area contributed by atoms with Gasteiger partial charge >= 0.3 is 0 Å². The lowest BCUT2D eigenvalue weighted by atomic mass is 10.1. The molecule has 0 N–H and O–H groups in total. The molecular weight excluding hydrogens is 402 g/mol. The Morgan fingerprint density at radius 3 is 2.45 bits per heavy atom. The van der Waals surface area contributed by atoms with E-state index in [9.17, 15) is 13.6 Å². The lowest BCUT2D eigenvalue weighted by Gasteiger charge is -2.38. The van der Waals surface area contributed by atoms with Crippen LogP contribution in [0.15, 0.2) is 40.9 Å². The maximum atomic E-state index is 14.5. The normalized spacial score (nSPS) is 15.8. The molecule has 2 heterocycles. The van der Waals surface area contributed by atoms with Crippen LogP contribution >= 0.6 is 0 Å². The molecule has 3 aromatic rings. The van der Waals surface area contributed by atoms with Gasteiger partial charge in [0.05, 0.1) is 11.7 Å². The average molecular weight is 426 g/mol. The monoisotopic (exact) mass is 426 g/mol. The van der Waals surface area contributed by atoms with Crippen LogP contribution in [0.1, 0.15) is 41.7 Å². The Labute approximate surface area is 179 Å². The standard InChI is InChI=1S/C23H24F2N4O2/c1-14-12-18(4-6-19(14)24)22-26-23(31-27-22)15(2)28-8-10-29(11-9-28)21-7-5-17(16(3)30)13-20(21)25/h4-7,12-13,15H,8-11H2,1-3H3. The van der Waals surface area contributed by atoms with Crippen LogP contribution < -0.4 is 4.90 Å². The Kier molecular flexibility index (Phi) is 5.82. The van der Waals surface area contributed by atoms with Crippen molar-refractivity contribution in [1.82, 2.24) is 15.0 Å². The number of benzene rings is 2. The van der Waals surface area contributed by atoms with Crippen molar-refractivity contribution in [3.8, 4) is 11.4 Å². The van der Waals surface area contributed by atoms with Gasteiger partial charge in [-0.3, -0.25) is 9.69 Å². The second-order valence-corrected chi connectivity index (χ2v) is 7.84. The molecule has 0 saturated carbocycles. The maximum Gasteiger partial charge on any atom is 0.244 e. The first kappa shape index (κ1) is 21.1. The van der Waals surface area contributed by atoms with Gasteiger partial charge in [0.25, 0.3) is 0 Å². The molecule has 1 aromatic heterocycles. The van der Waals surface area contributed by atoms with Gasteiger partial charge in [-0.05, 0) is 62.7 Å². The first-order valence-electron chi connectivity index (χ1n) is 10.2. The Bertz CT molecular complexity index is 1110. The third-order valence-corrected chi connectivity index (χ3v) is 5.77. The summed E-state index contributed by atoms with van der Waals surface area (Å²) < 4.78 is 33.4. The van der Waals surface area contributed by atoms with Crippen molar-refractivity contribution in [1.29, 1.82) is 0 Å². The highest BCUT2D eigenvalue weighted by Crippen LogP contribution is 2.27. The van der Waals surface area contributed by atoms with Gasteiger partial charge in [-0.1, -0.05) is 5.16 Å². The van der Waals surface area contributed by atoms with Crippen molar-refractivity contribution in [3.63, 3.8) is 0 Å². The molecule has 0 amide bonds. The third kappa shape index (κ3) is 4.34. The van der Waals surface area contributed by atoms with Gasteiger partial charge in [-0.2, -0.15) is 4.98 Å². The van der Waals surface area contributed by atoms with Gasteiger partial charge < -0.3 is 9.42 Å². The average Bonchev–Trinajstić information content (AvgIpc) is 3.25. The van der Waals surface area contributed by atoms with Gasteiger partial charge in [0.1, 0.15) is 11.6 Å². The number of carbonyl (C=O) groups excluding carboxylic acids is 1. The molecule has 1 aliphatic rings. The van der Waals surface area contributed by atoms with E-state index in [1.54, 1.807) is 31.2 Å². The minimum Gasteiger partial charge on any atom is -0.367 e. The Hall–Kier alpha value is -3.13. The van der Waals surface area contributed by atoms with E-state index in [1.807, 2.05) is 11.8 Å². The fourth-order valence-electron chi connectivity index (χ4n) is 3.79. The van der Waals surface area contributed by atoms with Crippen LogP contribution in [-0.4, -0.2) is 47.0 Å². The minimum absolute atomic E-state index is 0.102. The Morgan fingerprint density at radius 2 is 1.81 bits per heavy atom. The first-order valence-corrected chi connectivity index (χ1v) is 10.2. The van der Waals surface area contributed by atoms with Crippen LogP contribution in [0.2, 0.25) is 0 Å². The fraction of sp³-hybridized carbons (Fsp3) is 0.348. The van der Waals surface area contributed by atoms with Gasteiger partial charge in [0.2, 0.25) is 11.7 Å². The smallest absolute Gasteiger partial charge is 0.244 e. The Balaban J connectivity index is 1.42. The molecule has 6 nitrogen and oxygen atoms in total. The number of hydrogen-bond acceptors (Lipinski definition) is 6. The number of anilines is 1. The quantitative estimate of drug-likeness (QED) is 0.563. The van der Waals surface area contributed by atoms with Gasteiger partial charge in [0, 0.05) is 37.3 Å². The largest absolute Gasteiger partial charge is 0.367 e. The van der Waals surface area contributed by atoms with Crippen molar-refractivity contribution in [3.05, 3.63) is 65.1 Å². The second kappa shape index (κ2) is 8.55. The molecule has 0 radical (unpaired) electrons. The molecule has 1 atom stereocenters. The van der Waals surface area contributed by atoms with E-state index in [0.29, 0.717) is 60.3 Å². The molecule has 31 heavy (non-hydrogen) atoms. The van der Waals surface area contributed by atoms with E-state index in [0.717, 1.165) is 0 Å². The fourth-order valence-corrected chi connectivity index (χ4v) is 3.79. The van der Waals surface area contributed by atoms with E-state index >= 15 is 0 Å². The molecule has 4 rings (SSSR count). The van der Waals surface area contributed by atoms with Crippen LogP contribution in [0.25, 0.3) is 11.4 Å². The van der Waals surface area contributed by atoms with E-state index in [4.69, 9.17) is 4.52 Å². The number of piperazine rings is 1. The summed E-state index contributed by atoms with van der Waals surface area (Å²) in [5, 5.41) is 4.05. The lowest BCUT2D eigenvalue weighted by Crippen LogP contribution is -2.47. The number of halogens is 2. The molecule has 1 unspecified atom stereocenters. The molecule has 2 aromatic carbocycles. The van der Waals surface area contributed by atoms with E-state index in [1.165, 1.54) is 19.1 Å². The molecule has 1 fully saturated rings. The molecule has 162 valence electrons. The van der Waals surface area contributed by atoms with Crippen molar-refractivity contribution < 1.29 is 18.1 Å². The number of carbonyl (C=O) groups is 1. The summed E-state index contributed by atoms with van der Waals surface area (Å²) in [4.78, 5) is 20.1. The summed E-state index contributed by atoms with van der Waals surface area (Å²) in [6.07, 6.45) is 0. The lowest BCUT2D eigenvalue weighted by molar-refractivity contribution is 0.101. The second-order valence-electron chi connectivity index (χ2n) is 7.84. The van der Waals surface area contributed by atoms with E-state index in [-0.39, 0.29) is 23.5 Å². The van der Waals surface area contributed by atoms with Crippen molar-refractivity contribution in [2.75, 3.05) is 31.1 Å². The highest BCUT2D eigenvalue weighted by molar-refractivity contribution is 5.94. The highest BCUT2D eigenvalue weighted by atomic mass is 19.1. The first-order chi connectivity index (χ1) is 14.8. The van der Waals surface area contributed by atoms with Gasteiger partial charge in [0.15, 0.2) is 5.78 Å². The number of ketones is 1. The van der Waals surface area contributed by atoms with Crippen LogP contribution in [0.5, 0.6) is 0 Å². The summed E-state index contributed by atoms with van der Waals surface area (Å²) >= 11 is 0. The van der Waals surface area contributed by atoms with E-state index < -0.39 is 0 Å². The summed E-state index contributed by atoms with van der Waals surface area (Å²) in [5.74, 6) is 0.105. The predicted octanol–water partition coefficient (Wildman–Crippen LogP) is 4.41. The molecule has 0 aliphatic carbocycles. The number of Topliss-reactive ketones (excluding diaryl/α,β-unsaturated/α-hetero) is 1. The summed E-state index contributed by atoms with van der Waals surface area (Å²) in [6.45, 7) is 7.78. The zero-order valence-electron chi connectivity index (χ0n) is 17.7. The number of aromatic nitrogens is 2. The summed E-state index contributed by atoms with van der Waals surface area (Å²) in [6, 6.07) is 9.24. The minimum atomic E-state index is -0.384.